The number of nitrogens with one attached hydrogen (secondary N) is 3. The molecule has 0 aromatic carbocycles. The van der Waals surface area contributed by atoms with Crippen molar-refractivity contribution in [1.82, 2.24) is 16.0 Å². The lowest BCUT2D eigenvalue weighted by atomic mass is 10.1. The molecule has 188 valence electrons. The molecule has 0 fully saturated rings. The van der Waals surface area contributed by atoms with Gasteiger partial charge in [0, 0.05) is 12.2 Å². The van der Waals surface area contributed by atoms with Crippen molar-refractivity contribution in [1.29, 1.82) is 0 Å². The molecule has 4 atom stereocenters. The van der Waals surface area contributed by atoms with Crippen LogP contribution >= 0.6 is 12.6 Å². The molecule has 4 unspecified atom stereocenters. The fourth-order valence-corrected chi connectivity index (χ4v) is 2.84. The number of hydrogen-bond acceptors (Lipinski definition) is 9. The summed E-state index contributed by atoms with van der Waals surface area (Å²) in [6.45, 7) is 0.317. The molecule has 11 N–H and O–H groups in total. The zero-order chi connectivity index (χ0) is 25.6. The zero-order valence-corrected chi connectivity index (χ0v) is 18.9. The Hall–Kier alpha value is -2.91. The number of primary amides is 1. The van der Waals surface area contributed by atoms with Crippen LogP contribution in [0, 0.1) is 0 Å². The summed E-state index contributed by atoms with van der Waals surface area (Å²) in [5, 5.41) is 24.8. The number of thiol groups is 1. The van der Waals surface area contributed by atoms with Crippen molar-refractivity contribution in [3.63, 3.8) is 0 Å². The number of nitrogens with two attached hydrogens (primary N) is 3. The highest BCUT2D eigenvalue weighted by atomic mass is 32.1. The van der Waals surface area contributed by atoms with Crippen LogP contribution in [0.4, 0.5) is 0 Å². The number of aliphatic carboxylic acids is 2. The van der Waals surface area contributed by atoms with E-state index in [2.05, 4.69) is 28.6 Å². The number of amides is 4. The lowest BCUT2D eigenvalue weighted by Crippen LogP contribution is -2.57. The van der Waals surface area contributed by atoms with Crippen molar-refractivity contribution in [2.75, 3.05) is 12.3 Å². The van der Waals surface area contributed by atoms with Crippen LogP contribution in [0.5, 0.6) is 0 Å². The maximum atomic E-state index is 12.6. The summed E-state index contributed by atoms with van der Waals surface area (Å²) in [6.07, 6.45) is -0.0221. The Morgan fingerprint density at radius 3 is 1.85 bits per heavy atom. The van der Waals surface area contributed by atoms with Crippen molar-refractivity contribution in [3.05, 3.63) is 0 Å². The molecule has 0 aliphatic rings. The molecule has 14 nitrogen and oxygen atoms in total. The molecule has 0 saturated heterocycles. The van der Waals surface area contributed by atoms with E-state index in [1.165, 1.54) is 0 Å². The zero-order valence-electron chi connectivity index (χ0n) is 18.0. The molecule has 0 radical (unpaired) electrons. The first-order chi connectivity index (χ1) is 15.4. The van der Waals surface area contributed by atoms with Gasteiger partial charge in [-0.1, -0.05) is 0 Å². The summed E-state index contributed by atoms with van der Waals surface area (Å²) < 4.78 is 0. The fourth-order valence-electron chi connectivity index (χ4n) is 2.58. The molecule has 4 amide bonds. The fraction of sp³-hybridized carbons (Fsp3) is 0.667. The highest BCUT2D eigenvalue weighted by Gasteiger charge is 2.30. The highest BCUT2D eigenvalue weighted by Crippen LogP contribution is 2.05. The summed E-state index contributed by atoms with van der Waals surface area (Å²) in [6, 6.07) is -5.22. The van der Waals surface area contributed by atoms with Gasteiger partial charge in [-0.2, -0.15) is 12.6 Å². The second-order valence-corrected chi connectivity index (χ2v) is 7.56. The average Bonchev–Trinajstić information content (AvgIpc) is 2.73. The number of rotatable bonds is 17. The van der Waals surface area contributed by atoms with Crippen molar-refractivity contribution in [2.24, 2.45) is 17.2 Å². The van der Waals surface area contributed by atoms with E-state index in [-0.39, 0.29) is 25.0 Å². The highest BCUT2D eigenvalue weighted by molar-refractivity contribution is 7.80. The minimum atomic E-state index is -1.70. The van der Waals surface area contributed by atoms with Crippen LogP contribution in [-0.2, 0) is 28.8 Å². The Morgan fingerprint density at radius 2 is 1.36 bits per heavy atom. The summed E-state index contributed by atoms with van der Waals surface area (Å²) in [4.78, 5) is 70.3. The molecular weight excluding hydrogens is 460 g/mol. The minimum Gasteiger partial charge on any atom is -0.481 e. The van der Waals surface area contributed by atoms with E-state index in [0.29, 0.717) is 19.4 Å². The van der Waals surface area contributed by atoms with Gasteiger partial charge in [-0.15, -0.1) is 0 Å². The molecule has 0 spiro atoms. The maximum absolute atomic E-state index is 12.6. The van der Waals surface area contributed by atoms with Crippen LogP contribution in [0.25, 0.3) is 0 Å². The first-order valence-corrected chi connectivity index (χ1v) is 10.8. The first kappa shape index (κ1) is 30.1. The predicted octanol–water partition coefficient (Wildman–Crippen LogP) is -3.35. The van der Waals surface area contributed by atoms with Gasteiger partial charge in [-0.05, 0) is 32.2 Å². The summed E-state index contributed by atoms with van der Waals surface area (Å²) in [5.41, 5.74) is 16.1. The number of hydrogen-bond donors (Lipinski definition) is 9. The summed E-state index contributed by atoms with van der Waals surface area (Å²) in [7, 11) is 0. The van der Waals surface area contributed by atoms with Crippen LogP contribution in [-0.4, -0.2) is 82.2 Å². The molecular formula is C18H32N6O8S. The topological polar surface area (TPSA) is 257 Å². The molecule has 0 rings (SSSR count). The normalized spacial score (nSPS) is 14.3. The van der Waals surface area contributed by atoms with Crippen molar-refractivity contribution >= 4 is 48.2 Å². The third-order valence-corrected chi connectivity index (χ3v) is 4.79. The van der Waals surface area contributed by atoms with E-state index >= 15 is 0 Å². The SMILES string of the molecule is NCCCCC(NC(=O)C(CS)NC(=O)C(N)CCC(N)=O)C(=O)NC(CC(=O)O)C(=O)O. The van der Waals surface area contributed by atoms with Crippen LogP contribution in [0.1, 0.15) is 38.5 Å². The predicted molar refractivity (Wildman–Crippen MR) is 119 cm³/mol. The van der Waals surface area contributed by atoms with Crippen LogP contribution < -0.4 is 33.2 Å². The monoisotopic (exact) mass is 492 g/mol. The smallest absolute Gasteiger partial charge is 0.326 e. The van der Waals surface area contributed by atoms with Gasteiger partial charge in [0.15, 0.2) is 0 Å². The number of carbonyl (C=O) groups excluding carboxylic acids is 4. The third kappa shape index (κ3) is 12.6. The molecule has 0 saturated carbocycles. The number of unbranched alkanes of at least 4 members (excludes halogenated alkanes) is 1. The van der Waals surface area contributed by atoms with Crippen LogP contribution in [0.3, 0.4) is 0 Å². The van der Waals surface area contributed by atoms with E-state index in [1.807, 2.05) is 0 Å². The molecule has 0 aromatic rings. The van der Waals surface area contributed by atoms with Gasteiger partial charge in [0.05, 0.1) is 12.5 Å². The molecule has 15 heteroatoms. The average molecular weight is 493 g/mol. The van der Waals surface area contributed by atoms with Crippen molar-refractivity contribution < 1.29 is 39.0 Å². The van der Waals surface area contributed by atoms with E-state index in [9.17, 15) is 28.8 Å². The second-order valence-electron chi connectivity index (χ2n) is 7.20. The molecule has 0 aliphatic heterocycles. The second kappa shape index (κ2) is 15.8. The van der Waals surface area contributed by atoms with Gasteiger partial charge in [0.1, 0.15) is 18.1 Å². The third-order valence-electron chi connectivity index (χ3n) is 4.43. The van der Waals surface area contributed by atoms with Crippen molar-refractivity contribution in [3.8, 4) is 0 Å². The standard InChI is InChI=1S/C18H32N6O8S/c19-6-2-1-3-10(16(29)23-11(18(31)32)7-14(26)27)22-17(30)12(8-33)24-15(28)9(20)4-5-13(21)25/h9-12,33H,1-8,19-20H2,(H2,21,25)(H,22,30)(H,23,29)(H,24,28)(H,26,27)(H,31,32). The number of carbonyl (C=O) groups is 6. The van der Waals surface area contributed by atoms with Gasteiger partial charge < -0.3 is 43.4 Å². The van der Waals surface area contributed by atoms with E-state index in [1.54, 1.807) is 0 Å². The van der Waals surface area contributed by atoms with Crippen LogP contribution in [0.15, 0.2) is 0 Å². The Labute approximate surface area is 195 Å². The van der Waals surface area contributed by atoms with Crippen LogP contribution in [0.2, 0.25) is 0 Å². The largest absolute Gasteiger partial charge is 0.481 e. The first-order valence-electron chi connectivity index (χ1n) is 10.1. The lowest BCUT2D eigenvalue weighted by Gasteiger charge is -2.24. The van der Waals surface area contributed by atoms with Crippen molar-refractivity contribution in [2.45, 2.75) is 62.7 Å². The Balaban J connectivity index is 5.26. The van der Waals surface area contributed by atoms with Gasteiger partial charge >= 0.3 is 11.9 Å². The van der Waals surface area contributed by atoms with Gasteiger partial charge in [0.25, 0.3) is 0 Å². The van der Waals surface area contributed by atoms with Gasteiger partial charge in [-0.25, -0.2) is 4.79 Å². The molecule has 0 bridgehead atoms. The Bertz CT molecular complexity index is 722. The number of carboxylic acid groups (broad SMARTS) is 2. The van der Waals surface area contributed by atoms with Gasteiger partial charge in [-0.3, -0.25) is 24.0 Å². The molecule has 0 aliphatic carbocycles. The summed E-state index contributed by atoms with van der Waals surface area (Å²) in [5.74, 6) is -6.22. The van der Waals surface area contributed by atoms with E-state index in [4.69, 9.17) is 27.4 Å². The molecule has 33 heavy (non-hydrogen) atoms. The quantitative estimate of drug-likeness (QED) is 0.0719. The lowest BCUT2D eigenvalue weighted by molar-refractivity contribution is -0.147. The Kier molecular flexibility index (Phi) is 14.4. The minimum absolute atomic E-state index is 0.0354. The Morgan fingerprint density at radius 1 is 0.818 bits per heavy atom. The summed E-state index contributed by atoms with van der Waals surface area (Å²) >= 11 is 4.01. The van der Waals surface area contributed by atoms with E-state index in [0.717, 1.165) is 0 Å². The van der Waals surface area contributed by atoms with Gasteiger partial charge in [0.2, 0.25) is 23.6 Å². The van der Waals surface area contributed by atoms with E-state index < -0.39 is 66.2 Å². The number of carboxylic acids is 2. The maximum Gasteiger partial charge on any atom is 0.326 e. The molecule has 0 aromatic heterocycles. The molecule has 0 heterocycles.